The molecule has 0 fully saturated rings. The number of hydrogen-bond acceptors (Lipinski definition) is 5. The Hall–Kier alpha value is -3.32. The van der Waals surface area contributed by atoms with E-state index < -0.39 is 0 Å². The van der Waals surface area contributed by atoms with Gasteiger partial charge >= 0.3 is 0 Å². The minimum atomic E-state index is -0.0625. The van der Waals surface area contributed by atoms with Gasteiger partial charge in [-0.2, -0.15) is 0 Å². The molecule has 0 saturated carbocycles. The van der Waals surface area contributed by atoms with E-state index in [9.17, 15) is 4.79 Å². The number of thioether (sulfide) groups is 1. The molecule has 1 atom stereocenters. The van der Waals surface area contributed by atoms with Crippen molar-refractivity contribution in [2.75, 3.05) is 17.2 Å². The van der Waals surface area contributed by atoms with Gasteiger partial charge in [0.15, 0.2) is 0 Å². The first-order chi connectivity index (χ1) is 16.0. The molecule has 6 nitrogen and oxygen atoms in total. The maximum Gasteiger partial charge on any atom is 0.221 e. The minimum Gasteiger partial charge on any atom is -0.369 e. The number of anilines is 2. The highest BCUT2D eigenvalue weighted by molar-refractivity contribution is 8.00. The van der Waals surface area contributed by atoms with E-state index in [0.717, 1.165) is 41.5 Å². The molecule has 3 heterocycles. The SMILES string of the molecule is CC(=O)Nc1cccc(C2Cc3ncnc(NCCc4c(C)[nH]c5c(C)cccc45)c3S2)c1. The Balaban J connectivity index is 1.30. The van der Waals surface area contributed by atoms with Crippen molar-refractivity contribution >= 4 is 40.1 Å². The van der Waals surface area contributed by atoms with Gasteiger partial charge in [-0.1, -0.05) is 30.3 Å². The molecule has 1 amide bonds. The molecular weight excluding hydrogens is 430 g/mol. The van der Waals surface area contributed by atoms with Crippen LogP contribution in [0, 0.1) is 13.8 Å². The van der Waals surface area contributed by atoms with Gasteiger partial charge in [-0.25, -0.2) is 9.97 Å². The number of benzene rings is 2. The second-order valence-electron chi connectivity index (χ2n) is 8.52. The van der Waals surface area contributed by atoms with Gasteiger partial charge in [0.1, 0.15) is 12.1 Å². The van der Waals surface area contributed by atoms with Crippen molar-refractivity contribution in [1.82, 2.24) is 15.0 Å². The highest BCUT2D eigenvalue weighted by Gasteiger charge is 2.28. The molecule has 7 heteroatoms. The first kappa shape index (κ1) is 21.5. The van der Waals surface area contributed by atoms with E-state index in [0.29, 0.717) is 0 Å². The Bertz CT molecular complexity index is 1350. The summed E-state index contributed by atoms with van der Waals surface area (Å²) in [7, 11) is 0. The number of aromatic nitrogens is 3. The van der Waals surface area contributed by atoms with Gasteiger partial charge in [-0.15, -0.1) is 11.8 Å². The summed E-state index contributed by atoms with van der Waals surface area (Å²) < 4.78 is 0. The maximum atomic E-state index is 11.4. The van der Waals surface area contributed by atoms with Gasteiger partial charge in [0, 0.05) is 47.4 Å². The summed E-state index contributed by atoms with van der Waals surface area (Å²) in [6.45, 7) is 6.62. The summed E-state index contributed by atoms with van der Waals surface area (Å²) in [5.74, 6) is 0.839. The maximum absolute atomic E-state index is 11.4. The van der Waals surface area contributed by atoms with Crippen LogP contribution in [0.4, 0.5) is 11.5 Å². The van der Waals surface area contributed by atoms with Gasteiger partial charge in [0.2, 0.25) is 5.91 Å². The van der Waals surface area contributed by atoms with Crippen molar-refractivity contribution in [2.24, 2.45) is 0 Å². The van der Waals surface area contributed by atoms with E-state index >= 15 is 0 Å². The summed E-state index contributed by atoms with van der Waals surface area (Å²) in [6.07, 6.45) is 3.42. The van der Waals surface area contributed by atoms with E-state index in [4.69, 9.17) is 0 Å². The van der Waals surface area contributed by atoms with E-state index in [1.165, 1.54) is 40.2 Å². The van der Waals surface area contributed by atoms with Crippen LogP contribution in [0.3, 0.4) is 0 Å². The number of para-hydroxylation sites is 1. The lowest BCUT2D eigenvalue weighted by molar-refractivity contribution is -0.114. The molecule has 1 aliphatic rings. The Labute approximate surface area is 197 Å². The number of fused-ring (bicyclic) bond motifs is 2. The third kappa shape index (κ3) is 4.33. The van der Waals surface area contributed by atoms with Crippen LogP contribution >= 0.6 is 11.8 Å². The second kappa shape index (κ2) is 8.90. The summed E-state index contributed by atoms with van der Waals surface area (Å²) in [6, 6.07) is 14.5. The van der Waals surface area contributed by atoms with Gasteiger partial charge in [-0.3, -0.25) is 4.79 Å². The quantitative estimate of drug-likeness (QED) is 0.352. The molecule has 2 aromatic heterocycles. The molecule has 0 aliphatic carbocycles. The van der Waals surface area contributed by atoms with E-state index in [2.05, 4.69) is 63.7 Å². The van der Waals surface area contributed by atoms with Crippen molar-refractivity contribution in [3.05, 3.63) is 76.9 Å². The molecule has 0 saturated heterocycles. The number of H-pyrrole nitrogens is 1. The summed E-state index contributed by atoms with van der Waals surface area (Å²) >= 11 is 1.79. The highest BCUT2D eigenvalue weighted by atomic mass is 32.2. The average Bonchev–Trinajstić information content (AvgIpc) is 3.36. The van der Waals surface area contributed by atoms with E-state index in [1.54, 1.807) is 18.1 Å². The van der Waals surface area contributed by atoms with Crippen LogP contribution in [0.25, 0.3) is 10.9 Å². The summed E-state index contributed by atoms with van der Waals surface area (Å²) in [5, 5.41) is 7.98. The fourth-order valence-electron chi connectivity index (χ4n) is 4.55. The number of carbonyl (C=O) groups is 1. The summed E-state index contributed by atoms with van der Waals surface area (Å²) in [5.41, 5.74) is 8.16. The predicted octanol–water partition coefficient (Wildman–Crippen LogP) is 5.58. The van der Waals surface area contributed by atoms with Crippen LogP contribution in [0.1, 0.15) is 40.3 Å². The second-order valence-corrected chi connectivity index (χ2v) is 9.73. The number of aromatic amines is 1. The average molecular weight is 458 g/mol. The van der Waals surface area contributed by atoms with Crippen molar-refractivity contribution in [3.63, 3.8) is 0 Å². The lowest BCUT2D eigenvalue weighted by Crippen LogP contribution is -2.08. The Kier molecular flexibility index (Phi) is 5.81. The number of nitrogens with zero attached hydrogens (tertiary/aromatic N) is 2. The molecule has 1 aliphatic heterocycles. The van der Waals surface area contributed by atoms with Gasteiger partial charge in [0.05, 0.1) is 10.6 Å². The van der Waals surface area contributed by atoms with Crippen LogP contribution in [0.5, 0.6) is 0 Å². The smallest absolute Gasteiger partial charge is 0.221 e. The van der Waals surface area contributed by atoms with Crippen LogP contribution in [-0.2, 0) is 17.6 Å². The summed E-state index contributed by atoms with van der Waals surface area (Å²) in [4.78, 5) is 25.2. The van der Waals surface area contributed by atoms with Crippen molar-refractivity contribution in [1.29, 1.82) is 0 Å². The highest BCUT2D eigenvalue weighted by Crippen LogP contribution is 2.48. The molecular formula is C26H27N5OS. The number of amides is 1. The monoisotopic (exact) mass is 457 g/mol. The predicted molar refractivity (Wildman–Crippen MR) is 135 cm³/mol. The van der Waals surface area contributed by atoms with Crippen LogP contribution < -0.4 is 10.6 Å². The topological polar surface area (TPSA) is 82.7 Å². The van der Waals surface area contributed by atoms with Crippen LogP contribution in [0.15, 0.2) is 53.7 Å². The Morgan fingerprint density at radius 2 is 2.03 bits per heavy atom. The van der Waals surface area contributed by atoms with Gasteiger partial charge in [0.25, 0.3) is 0 Å². The van der Waals surface area contributed by atoms with E-state index in [-0.39, 0.29) is 11.2 Å². The lowest BCUT2D eigenvalue weighted by Gasteiger charge is -2.12. The lowest BCUT2D eigenvalue weighted by atomic mass is 10.1. The molecule has 168 valence electrons. The number of aryl methyl sites for hydroxylation is 2. The zero-order chi connectivity index (χ0) is 22.9. The minimum absolute atomic E-state index is 0.0625. The van der Waals surface area contributed by atoms with Gasteiger partial charge in [-0.05, 0) is 49.1 Å². The number of rotatable bonds is 6. The van der Waals surface area contributed by atoms with Gasteiger partial charge < -0.3 is 15.6 Å². The van der Waals surface area contributed by atoms with Crippen molar-refractivity contribution in [3.8, 4) is 0 Å². The standard InChI is InChI=1S/C26H27N5OS/c1-15-6-4-9-21-20(16(2)30-24(15)21)10-11-27-26-25-22(28-14-29-26)13-23(33-25)18-7-5-8-19(12-18)31-17(3)32/h4-9,12,14,23,30H,10-11,13H2,1-3H3,(H,31,32)(H,27,28,29). The van der Waals surface area contributed by atoms with E-state index in [1.807, 2.05) is 18.2 Å². The molecule has 5 rings (SSSR count). The molecule has 0 radical (unpaired) electrons. The molecule has 1 unspecified atom stereocenters. The normalized spacial score (nSPS) is 14.9. The largest absolute Gasteiger partial charge is 0.369 e. The zero-order valence-corrected chi connectivity index (χ0v) is 19.8. The first-order valence-electron chi connectivity index (χ1n) is 11.2. The van der Waals surface area contributed by atoms with Crippen LogP contribution in [-0.4, -0.2) is 27.4 Å². The fraction of sp³-hybridized carbons (Fsp3) is 0.269. The number of nitrogens with one attached hydrogen (secondary N) is 3. The third-order valence-electron chi connectivity index (χ3n) is 6.13. The molecule has 0 spiro atoms. The third-order valence-corrected chi connectivity index (χ3v) is 7.51. The molecule has 3 N–H and O–H groups in total. The zero-order valence-electron chi connectivity index (χ0n) is 19.0. The Morgan fingerprint density at radius 3 is 2.88 bits per heavy atom. The Morgan fingerprint density at radius 1 is 1.18 bits per heavy atom. The number of hydrogen-bond donors (Lipinski definition) is 3. The molecule has 4 aromatic rings. The fourth-order valence-corrected chi connectivity index (χ4v) is 5.87. The molecule has 2 aromatic carbocycles. The molecule has 0 bridgehead atoms. The van der Waals surface area contributed by atoms with Crippen molar-refractivity contribution < 1.29 is 4.79 Å². The van der Waals surface area contributed by atoms with Crippen molar-refractivity contribution in [2.45, 2.75) is 43.8 Å². The first-order valence-corrected chi connectivity index (χ1v) is 12.1. The van der Waals surface area contributed by atoms with Crippen LogP contribution in [0.2, 0.25) is 0 Å². The molecule has 33 heavy (non-hydrogen) atoms. The number of carbonyl (C=O) groups excluding carboxylic acids is 1.